The van der Waals surface area contributed by atoms with E-state index < -0.39 is 0 Å². The maximum absolute atomic E-state index is 13.0. The van der Waals surface area contributed by atoms with Gasteiger partial charge in [0.1, 0.15) is 27.1 Å². The first kappa shape index (κ1) is 16.0. The van der Waals surface area contributed by atoms with Gasteiger partial charge in [0, 0.05) is 20.3 Å². The largest absolute Gasteiger partial charge is 0.508 e. The number of pyridine rings is 1. The highest BCUT2D eigenvalue weighted by Crippen LogP contribution is 2.39. The molecule has 0 atom stereocenters. The lowest BCUT2D eigenvalue weighted by atomic mass is 10.2. The molecule has 6 nitrogen and oxygen atoms in total. The highest BCUT2D eigenvalue weighted by molar-refractivity contribution is 9.10. The molecule has 0 unspecified atom stereocenters. The van der Waals surface area contributed by atoms with E-state index in [2.05, 4.69) is 25.9 Å². The molecule has 25 heavy (non-hydrogen) atoms. The summed E-state index contributed by atoms with van der Waals surface area (Å²) in [5, 5.41) is 10.3. The van der Waals surface area contributed by atoms with Crippen LogP contribution in [-0.4, -0.2) is 33.7 Å². The molecule has 0 amide bonds. The van der Waals surface area contributed by atoms with Gasteiger partial charge in [-0.3, -0.25) is 9.36 Å². The van der Waals surface area contributed by atoms with Gasteiger partial charge in [-0.2, -0.15) is 0 Å². The molecule has 0 aliphatic rings. The number of hydrogen-bond donors (Lipinski definition) is 1. The molecule has 126 valence electrons. The molecule has 0 radical (unpaired) electrons. The fourth-order valence-electron chi connectivity index (χ4n) is 2.79. The van der Waals surface area contributed by atoms with E-state index in [0.29, 0.717) is 15.9 Å². The third-order valence-corrected chi connectivity index (χ3v) is 5.57. The Bertz CT molecular complexity index is 1170. The smallest absolute Gasteiger partial charge is 0.275 e. The zero-order valence-corrected chi connectivity index (χ0v) is 15.8. The second-order valence-electron chi connectivity index (χ2n) is 5.75. The zero-order chi connectivity index (χ0) is 17.7. The maximum atomic E-state index is 13.0. The molecule has 0 saturated carbocycles. The van der Waals surface area contributed by atoms with Crippen molar-refractivity contribution in [1.82, 2.24) is 14.5 Å². The topological polar surface area (TPSA) is 71.2 Å². The molecular formula is C17H13BrN4O2S. The van der Waals surface area contributed by atoms with E-state index in [-0.39, 0.29) is 11.3 Å². The van der Waals surface area contributed by atoms with Crippen LogP contribution in [0, 0.1) is 0 Å². The molecule has 3 heterocycles. The first-order chi connectivity index (χ1) is 12.0. The molecule has 4 rings (SSSR count). The van der Waals surface area contributed by atoms with Gasteiger partial charge in [0.15, 0.2) is 0 Å². The summed E-state index contributed by atoms with van der Waals surface area (Å²) in [6, 6.07) is 6.44. The zero-order valence-electron chi connectivity index (χ0n) is 13.4. The van der Waals surface area contributed by atoms with E-state index in [0.717, 1.165) is 20.4 Å². The van der Waals surface area contributed by atoms with Crippen LogP contribution >= 0.6 is 27.3 Å². The van der Waals surface area contributed by atoms with Crippen LogP contribution in [0.1, 0.15) is 0 Å². The van der Waals surface area contributed by atoms with Crippen LogP contribution in [-0.2, 0) is 0 Å². The van der Waals surface area contributed by atoms with Crippen molar-refractivity contribution in [1.29, 1.82) is 0 Å². The Balaban J connectivity index is 2.06. The molecule has 0 aliphatic carbocycles. The van der Waals surface area contributed by atoms with Crippen LogP contribution in [0.5, 0.6) is 5.75 Å². The summed E-state index contributed by atoms with van der Waals surface area (Å²) in [6.45, 7) is 0. The van der Waals surface area contributed by atoms with Gasteiger partial charge in [-0.15, -0.1) is 11.3 Å². The summed E-state index contributed by atoms with van der Waals surface area (Å²) >= 11 is 4.87. The van der Waals surface area contributed by atoms with Gasteiger partial charge >= 0.3 is 0 Å². The first-order valence-electron chi connectivity index (χ1n) is 7.42. The summed E-state index contributed by atoms with van der Waals surface area (Å²) in [6.07, 6.45) is 3.26. The minimum absolute atomic E-state index is 0.150. The molecule has 3 aromatic heterocycles. The molecule has 8 heteroatoms. The third-order valence-electron chi connectivity index (χ3n) is 3.91. The second-order valence-corrected chi connectivity index (χ2v) is 7.60. The van der Waals surface area contributed by atoms with E-state index >= 15 is 0 Å². The standard InChI is InChI=1S/C17H13BrN4O2S/c1-21(2)14-11(18)7-19-16-12(14)13-15(25-16)17(24)22(8-20-13)9-3-5-10(23)6-4-9/h3-8,23H,1-2H3. The van der Waals surface area contributed by atoms with E-state index in [1.807, 2.05) is 19.0 Å². The van der Waals surface area contributed by atoms with Crippen LogP contribution in [0.25, 0.3) is 26.1 Å². The predicted molar refractivity (Wildman–Crippen MR) is 104 cm³/mol. The van der Waals surface area contributed by atoms with Crippen LogP contribution in [0.15, 0.2) is 46.1 Å². The Morgan fingerprint density at radius 2 is 1.92 bits per heavy atom. The normalized spacial score (nSPS) is 11.3. The van der Waals surface area contributed by atoms with Gasteiger partial charge in [0.25, 0.3) is 5.56 Å². The van der Waals surface area contributed by atoms with Gasteiger partial charge in [-0.25, -0.2) is 9.97 Å². The summed E-state index contributed by atoms with van der Waals surface area (Å²) < 4.78 is 2.88. The van der Waals surface area contributed by atoms with Gasteiger partial charge < -0.3 is 10.0 Å². The van der Waals surface area contributed by atoms with Crippen LogP contribution in [0.2, 0.25) is 0 Å². The summed E-state index contributed by atoms with van der Waals surface area (Å²) in [4.78, 5) is 24.7. The average molecular weight is 417 g/mol. The van der Waals surface area contributed by atoms with E-state index in [9.17, 15) is 9.90 Å². The van der Waals surface area contributed by atoms with Crippen molar-refractivity contribution in [3.63, 3.8) is 0 Å². The number of phenols is 1. The van der Waals surface area contributed by atoms with Crippen LogP contribution in [0.3, 0.4) is 0 Å². The molecular weight excluding hydrogens is 404 g/mol. The molecule has 4 aromatic rings. The quantitative estimate of drug-likeness (QED) is 0.541. The second kappa shape index (κ2) is 5.82. The Morgan fingerprint density at radius 1 is 1.20 bits per heavy atom. The number of benzene rings is 1. The van der Waals surface area contributed by atoms with Gasteiger partial charge in [0.2, 0.25) is 0 Å². The monoisotopic (exact) mass is 416 g/mol. The Kier molecular flexibility index (Phi) is 3.73. The van der Waals surface area contributed by atoms with Crippen LogP contribution in [0.4, 0.5) is 5.69 Å². The fourth-order valence-corrected chi connectivity index (χ4v) is 4.48. The molecule has 0 aliphatic heterocycles. The molecule has 0 saturated heterocycles. The summed E-state index contributed by atoms with van der Waals surface area (Å²) in [5.41, 5.74) is 2.10. The molecule has 1 N–H and O–H groups in total. The Morgan fingerprint density at radius 3 is 2.60 bits per heavy atom. The van der Waals surface area contributed by atoms with Gasteiger partial charge in [-0.05, 0) is 40.2 Å². The lowest BCUT2D eigenvalue weighted by molar-refractivity contribution is 0.475. The molecule has 0 fully saturated rings. The number of hydrogen-bond acceptors (Lipinski definition) is 6. The van der Waals surface area contributed by atoms with E-state index in [1.54, 1.807) is 30.5 Å². The number of thiophene rings is 1. The Labute approximate surface area is 155 Å². The summed E-state index contributed by atoms with van der Waals surface area (Å²) in [5.74, 6) is 0.150. The maximum Gasteiger partial charge on any atom is 0.275 e. The average Bonchev–Trinajstić information content (AvgIpc) is 2.95. The van der Waals surface area contributed by atoms with Crippen LogP contribution < -0.4 is 10.5 Å². The Hall–Kier alpha value is -2.45. The minimum atomic E-state index is -0.153. The predicted octanol–water partition coefficient (Wildman–Crippen LogP) is 3.53. The van der Waals surface area contributed by atoms with Crippen molar-refractivity contribution in [2.45, 2.75) is 0 Å². The lowest BCUT2D eigenvalue weighted by Gasteiger charge is -2.15. The fraction of sp³-hybridized carbons (Fsp3) is 0.118. The third kappa shape index (κ3) is 2.49. The summed E-state index contributed by atoms with van der Waals surface area (Å²) in [7, 11) is 3.89. The first-order valence-corrected chi connectivity index (χ1v) is 9.03. The van der Waals surface area contributed by atoms with Crippen molar-refractivity contribution < 1.29 is 5.11 Å². The van der Waals surface area contributed by atoms with E-state index in [4.69, 9.17) is 0 Å². The number of aromatic hydroxyl groups is 1. The number of phenolic OH excluding ortho intramolecular Hbond substituents is 1. The number of fused-ring (bicyclic) bond motifs is 3. The number of rotatable bonds is 2. The van der Waals surface area contributed by atoms with Gasteiger partial charge in [0.05, 0.1) is 21.2 Å². The number of anilines is 1. The van der Waals surface area contributed by atoms with Gasteiger partial charge in [-0.1, -0.05) is 0 Å². The number of nitrogens with zero attached hydrogens (tertiary/aromatic N) is 4. The minimum Gasteiger partial charge on any atom is -0.508 e. The molecule has 0 bridgehead atoms. The highest BCUT2D eigenvalue weighted by Gasteiger charge is 2.19. The van der Waals surface area contributed by atoms with Crippen molar-refractivity contribution in [2.75, 3.05) is 19.0 Å². The van der Waals surface area contributed by atoms with Crippen molar-refractivity contribution in [2.24, 2.45) is 0 Å². The highest BCUT2D eigenvalue weighted by atomic mass is 79.9. The number of halogens is 1. The lowest BCUT2D eigenvalue weighted by Crippen LogP contribution is -2.17. The van der Waals surface area contributed by atoms with E-state index in [1.165, 1.54) is 22.2 Å². The molecule has 0 spiro atoms. The molecule has 1 aromatic carbocycles. The SMILES string of the molecule is CN(C)c1c(Br)cnc2sc3c(=O)n(-c4ccc(O)cc4)cnc3c12. The van der Waals surface area contributed by atoms with Crippen molar-refractivity contribution in [3.8, 4) is 11.4 Å². The van der Waals surface area contributed by atoms with Crippen molar-refractivity contribution in [3.05, 3.63) is 51.6 Å². The van der Waals surface area contributed by atoms with Crippen molar-refractivity contribution >= 4 is 53.4 Å². The number of aromatic nitrogens is 3.